The molecule has 154 valence electrons. The van der Waals surface area contributed by atoms with Crippen LogP contribution in [0.4, 0.5) is 0 Å². The molecule has 28 heavy (non-hydrogen) atoms. The van der Waals surface area contributed by atoms with Crippen molar-refractivity contribution in [2.24, 2.45) is 5.92 Å². The van der Waals surface area contributed by atoms with Crippen molar-refractivity contribution >= 4 is 11.6 Å². The fourth-order valence-corrected chi connectivity index (χ4v) is 2.95. The lowest BCUT2D eigenvalue weighted by atomic mass is 9.77. The Morgan fingerprint density at radius 2 is 1.64 bits per heavy atom. The molecule has 5 heteroatoms. The SMILES string of the molecule is Cc1cc(C(C)(C)c2ccc(OC[C@@H](O)CO)cc2)ccc1OC[C@@H](C)CCl. The fourth-order valence-electron chi connectivity index (χ4n) is 2.86. The van der Waals surface area contributed by atoms with E-state index in [1.807, 2.05) is 30.3 Å². The summed E-state index contributed by atoms with van der Waals surface area (Å²) in [4.78, 5) is 0. The van der Waals surface area contributed by atoms with Gasteiger partial charge >= 0.3 is 0 Å². The molecule has 2 aromatic rings. The average molecular weight is 407 g/mol. The van der Waals surface area contributed by atoms with Crippen molar-refractivity contribution < 1.29 is 19.7 Å². The zero-order valence-corrected chi connectivity index (χ0v) is 17.9. The summed E-state index contributed by atoms with van der Waals surface area (Å²) < 4.78 is 11.4. The van der Waals surface area contributed by atoms with Crippen LogP contribution in [0.3, 0.4) is 0 Å². The Morgan fingerprint density at radius 1 is 1.00 bits per heavy atom. The van der Waals surface area contributed by atoms with E-state index in [0.29, 0.717) is 24.2 Å². The van der Waals surface area contributed by atoms with Gasteiger partial charge in [-0.1, -0.05) is 45.0 Å². The number of halogens is 1. The normalized spacial score (nSPS) is 13.8. The van der Waals surface area contributed by atoms with Gasteiger partial charge in [-0.25, -0.2) is 0 Å². The Balaban J connectivity index is 2.11. The third-order valence-electron chi connectivity index (χ3n) is 4.91. The van der Waals surface area contributed by atoms with Gasteiger partial charge in [0, 0.05) is 17.2 Å². The van der Waals surface area contributed by atoms with E-state index in [4.69, 9.17) is 26.2 Å². The first-order chi connectivity index (χ1) is 13.3. The fraction of sp³-hybridized carbons (Fsp3) is 0.478. The third-order valence-corrected chi connectivity index (χ3v) is 5.44. The summed E-state index contributed by atoms with van der Waals surface area (Å²) >= 11 is 5.85. The van der Waals surface area contributed by atoms with E-state index in [9.17, 15) is 5.11 Å². The smallest absolute Gasteiger partial charge is 0.122 e. The standard InChI is InChI=1S/C23H31ClO4/c1-16(12-24)14-28-22-10-7-19(11-17(22)2)23(3,4)18-5-8-21(9-6-18)27-15-20(26)13-25/h5-11,16,20,25-26H,12-15H2,1-4H3/t16-,20-/m0/s1. The third kappa shape index (κ3) is 5.87. The summed E-state index contributed by atoms with van der Waals surface area (Å²) in [5.41, 5.74) is 3.28. The molecule has 0 fully saturated rings. The number of benzene rings is 2. The van der Waals surface area contributed by atoms with Crippen molar-refractivity contribution in [2.45, 2.75) is 39.2 Å². The monoisotopic (exact) mass is 406 g/mol. The van der Waals surface area contributed by atoms with E-state index >= 15 is 0 Å². The first-order valence-electron chi connectivity index (χ1n) is 9.60. The van der Waals surface area contributed by atoms with Crippen LogP contribution in [0.1, 0.15) is 37.5 Å². The number of hydrogen-bond acceptors (Lipinski definition) is 4. The molecule has 0 bridgehead atoms. The van der Waals surface area contributed by atoms with Crippen LogP contribution in [0.5, 0.6) is 11.5 Å². The molecule has 0 aromatic heterocycles. The summed E-state index contributed by atoms with van der Waals surface area (Å²) in [7, 11) is 0. The number of aryl methyl sites for hydroxylation is 1. The highest BCUT2D eigenvalue weighted by Gasteiger charge is 2.24. The van der Waals surface area contributed by atoms with Gasteiger partial charge in [0.25, 0.3) is 0 Å². The molecule has 0 saturated carbocycles. The van der Waals surface area contributed by atoms with Crippen LogP contribution in [0, 0.1) is 12.8 Å². The van der Waals surface area contributed by atoms with Crippen LogP contribution >= 0.6 is 11.6 Å². The molecule has 2 rings (SSSR count). The summed E-state index contributed by atoms with van der Waals surface area (Å²) in [5.74, 6) is 2.46. The largest absolute Gasteiger partial charge is 0.493 e. The molecule has 2 N–H and O–H groups in total. The lowest BCUT2D eigenvalue weighted by molar-refractivity contribution is 0.0536. The Hall–Kier alpha value is -1.75. The Labute approximate surface area is 173 Å². The van der Waals surface area contributed by atoms with Gasteiger partial charge in [-0.3, -0.25) is 0 Å². The molecule has 0 aliphatic rings. The Bertz CT molecular complexity index is 743. The number of aliphatic hydroxyl groups excluding tert-OH is 2. The quantitative estimate of drug-likeness (QED) is 0.577. The highest BCUT2D eigenvalue weighted by Crippen LogP contribution is 2.34. The van der Waals surface area contributed by atoms with E-state index in [1.54, 1.807) is 0 Å². The minimum Gasteiger partial charge on any atom is -0.493 e. The van der Waals surface area contributed by atoms with Crippen LogP contribution in [-0.2, 0) is 5.41 Å². The second-order valence-corrected chi connectivity index (χ2v) is 8.16. The van der Waals surface area contributed by atoms with Gasteiger partial charge in [0.05, 0.1) is 13.2 Å². The van der Waals surface area contributed by atoms with Crippen LogP contribution < -0.4 is 9.47 Å². The van der Waals surface area contributed by atoms with Crippen LogP contribution in [0.2, 0.25) is 0 Å². The number of ether oxygens (including phenoxy) is 2. The number of rotatable bonds is 10. The molecule has 0 unspecified atom stereocenters. The highest BCUT2D eigenvalue weighted by atomic mass is 35.5. The van der Waals surface area contributed by atoms with Gasteiger partial charge in [0.15, 0.2) is 0 Å². The molecule has 2 aromatic carbocycles. The Kier molecular flexibility index (Phi) is 8.17. The van der Waals surface area contributed by atoms with E-state index in [2.05, 4.69) is 39.8 Å². The topological polar surface area (TPSA) is 58.9 Å². The minimum atomic E-state index is -0.868. The van der Waals surface area contributed by atoms with Gasteiger partial charge in [-0.05, 0) is 41.8 Å². The molecule has 0 heterocycles. The molecule has 0 spiro atoms. The van der Waals surface area contributed by atoms with E-state index in [-0.39, 0.29) is 18.6 Å². The molecule has 0 saturated heterocycles. The predicted molar refractivity (Wildman–Crippen MR) is 114 cm³/mol. The van der Waals surface area contributed by atoms with Crippen molar-refractivity contribution in [1.82, 2.24) is 0 Å². The predicted octanol–water partition coefficient (Wildman–Crippen LogP) is 4.31. The summed E-state index contributed by atoms with van der Waals surface area (Å²) in [5, 5.41) is 18.3. The second-order valence-electron chi connectivity index (χ2n) is 7.85. The molecule has 2 atom stereocenters. The summed E-state index contributed by atoms with van der Waals surface area (Å²) in [6.45, 7) is 8.87. The van der Waals surface area contributed by atoms with Crippen molar-refractivity contribution in [3.63, 3.8) is 0 Å². The van der Waals surface area contributed by atoms with Gasteiger partial charge in [0.2, 0.25) is 0 Å². The number of aliphatic hydroxyl groups is 2. The molecule has 0 amide bonds. The zero-order chi connectivity index (χ0) is 20.7. The molecule has 0 aliphatic heterocycles. The number of alkyl halides is 1. The van der Waals surface area contributed by atoms with E-state index in [0.717, 1.165) is 16.9 Å². The highest BCUT2D eigenvalue weighted by molar-refractivity contribution is 6.18. The van der Waals surface area contributed by atoms with Gasteiger partial charge in [0.1, 0.15) is 24.2 Å². The first-order valence-corrected chi connectivity index (χ1v) is 10.1. The maximum atomic E-state index is 9.39. The van der Waals surface area contributed by atoms with Gasteiger partial charge in [-0.2, -0.15) is 0 Å². The van der Waals surface area contributed by atoms with Crippen LogP contribution in [-0.4, -0.2) is 42.0 Å². The van der Waals surface area contributed by atoms with Gasteiger partial charge in [-0.15, -0.1) is 11.6 Å². The van der Waals surface area contributed by atoms with Crippen molar-refractivity contribution in [3.05, 3.63) is 59.2 Å². The summed E-state index contributed by atoms with van der Waals surface area (Å²) in [6.07, 6.45) is -0.868. The lowest BCUT2D eigenvalue weighted by Gasteiger charge is -2.27. The van der Waals surface area contributed by atoms with E-state index < -0.39 is 6.10 Å². The maximum absolute atomic E-state index is 9.39. The lowest BCUT2D eigenvalue weighted by Crippen LogP contribution is -2.21. The Morgan fingerprint density at radius 3 is 2.21 bits per heavy atom. The zero-order valence-electron chi connectivity index (χ0n) is 17.1. The average Bonchev–Trinajstić information content (AvgIpc) is 2.70. The first kappa shape index (κ1) is 22.5. The molecule has 0 aliphatic carbocycles. The maximum Gasteiger partial charge on any atom is 0.122 e. The number of hydrogen-bond donors (Lipinski definition) is 2. The van der Waals surface area contributed by atoms with Crippen LogP contribution in [0.25, 0.3) is 0 Å². The van der Waals surface area contributed by atoms with Crippen molar-refractivity contribution in [3.8, 4) is 11.5 Å². The van der Waals surface area contributed by atoms with Crippen molar-refractivity contribution in [2.75, 3.05) is 25.7 Å². The summed E-state index contributed by atoms with van der Waals surface area (Å²) in [6, 6.07) is 14.1. The minimum absolute atomic E-state index is 0.0717. The second kappa shape index (κ2) is 10.1. The molecule has 4 nitrogen and oxygen atoms in total. The van der Waals surface area contributed by atoms with Crippen molar-refractivity contribution in [1.29, 1.82) is 0 Å². The van der Waals surface area contributed by atoms with Gasteiger partial charge < -0.3 is 19.7 Å². The van der Waals surface area contributed by atoms with Crippen LogP contribution in [0.15, 0.2) is 42.5 Å². The molecular weight excluding hydrogens is 376 g/mol. The molecular formula is C23H31ClO4. The van der Waals surface area contributed by atoms with E-state index in [1.165, 1.54) is 5.56 Å². The molecule has 0 radical (unpaired) electrons.